The molecule has 370 valence electrons. The van der Waals surface area contributed by atoms with Crippen LogP contribution in [0.25, 0.3) is 117 Å². The van der Waals surface area contributed by atoms with Crippen LogP contribution in [0.1, 0.15) is 77.9 Å². The fourth-order valence-corrected chi connectivity index (χ4v) is 14.0. The largest absolute Gasteiger partial charge is 0.292 e. The minimum Gasteiger partial charge on any atom is -0.292 e. The molecule has 10 aromatic carbocycles. The van der Waals surface area contributed by atoms with Crippen molar-refractivity contribution in [1.29, 1.82) is 0 Å². The quantitative estimate of drug-likeness (QED) is 0.139. The summed E-state index contributed by atoms with van der Waals surface area (Å²) in [5.41, 5.74) is 18.0. The predicted octanol–water partition coefficient (Wildman–Crippen LogP) is 18.4. The third kappa shape index (κ3) is 7.34. The Morgan fingerprint density at radius 2 is 1.17 bits per heavy atom. The molecule has 0 saturated heterocycles. The van der Waals surface area contributed by atoms with E-state index in [-0.39, 0.29) is 11.8 Å². The molecular weight excluding hydrogens is 941 g/mol. The molecule has 11 aromatic rings. The van der Waals surface area contributed by atoms with Crippen molar-refractivity contribution in [2.75, 3.05) is 0 Å². The lowest BCUT2D eigenvalue weighted by Gasteiger charge is -2.26. The van der Waals surface area contributed by atoms with E-state index >= 15 is 0 Å². The van der Waals surface area contributed by atoms with E-state index in [1.807, 2.05) is 0 Å². The lowest BCUT2D eigenvalue weighted by atomic mass is 9.78. The predicted molar refractivity (Wildman–Crippen MR) is 329 cm³/mol. The van der Waals surface area contributed by atoms with E-state index in [9.17, 15) is 0 Å². The minimum atomic E-state index is 0.204. The maximum absolute atomic E-state index is 5.66. The first-order chi connectivity index (χ1) is 38.7. The Morgan fingerprint density at radius 3 is 1.97 bits per heavy atom. The number of fused-ring (bicyclic) bond motifs is 8. The second-order valence-electron chi connectivity index (χ2n) is 22.2. The summed E-state index contributed by atoms with van der Waals surface area (Å²) in [6, 6.07) is 71.0. The highest BCUT2D eigenvalue weighted by Crippen LogP contribution is 2.59. The Bertz CT molecular complexity index is 4590. The van der Waals surface area contributed by atoms with Gasteiger partial charge in [-0.1, -0.05) is 231 Å². The molecule has 1 heterocycles. The highest BCUT2D eigenvalue weighted by Gasteiger charge is 2.43. The zero-order valence-corrected chi connectivity index (χ0v) is 43.5. The van der Waals surface area contributed by atoms with Crippen LogP contribution in [0.5, 0.6) is 0 Å². The average molecular weight is 997 g/mol. The SMILES string of the molecule is C1=CCCC(c2c(C3C=CC=CC3)nc(-c3ccc(-c4c5c(c(-c6ccc7c(C8C=c9ccccc9=CC8)c8ccccc8c(-c8ccc9ccccc9c8)c7c6)c6ccccc46)C4CC4C=C5)cc3)n2-c2ccccc2)=C1. The molecule has 0 radical (unpaired) electrons. The maximum atomic E-state index is 5.66. The molecular formula is C76H56N2. The van der Waals surface area contributed by atoms with Crippen molar-refractivity contribution < 1.29 is 0 Å². The van der Waals surface area contributed by atoms with Gasteiger partial charge in [0.05, 0.1) is 11.4 Å². The van der Waals surface area contributed by atoms with Crippen molar-refractivity contribution >= 4 is 66.9 Å². The van der Waals surface area contributed by atoms with Crippen molar-refractivity contribution in [2.24, 2.45) is 5.92 Å². The van der Waals surface area contributed by atoms with E-state index in [2.05, 4.69) is 259 Å². The second-order valence-corrected chi connectivity index (χ2v) is 22.2. The molecule has 4 unspecified atom stereocenters. The van der Waals surface area contributed by atoms with Gasteiger partial charge in [0, 0.05) is 23.1 Å². The number of para-hydroxylation sites is 1. The molecule has 0 amide bonds. The van der Waals surface area contributed by atoms with Crippen LogP contribution >= 0.6 is 0 Å². The molecule has 1 fully saturated rings. The number of allylic oxidation sites excluding steroid dienone is 9. The molecule has 4 atom stereocenters. The molecule has 0 spiro atoms. The Hall–Kier alpha value is -9.11. The number of benzene rings is 10. The van der Waals surface area contributed by atoms with Gasteiger partial charge >= 0.3 is 0 Å². The summed E-state index contributed by atoms with van der Waals surface area (Å²) < 4.78 is 2.44. The van der Waals surface area contributed by atoms with Crippen LogP contribution in [0.2, 0.25) is 0 Å². The van der Waals surface area contributed by atoms with Gasteiger partial charge in [0.2, 0.25) is 0 Å². The zero-order chi connectivity index (χ0) is 51.3. The summed E-state index contributed by atoms with van der Waals surface area (Å²) in [6.07, 6.45) is 30.8. The Kier molecular flexibility index (Phi) is 10.6. The minimum absolute atomic E-state index is 0.204. The number of rotatable bonds is 8. The number of hydrogen-bond acceptors (Lipinski definition) is 1. The molecule has 5 aliphatic carbocycles. The van der Waals surface area contributed by atoms with E-state index in [1.165, 1.54) is 121 Å². The number of nitrogens with zero attached hydrogens (tertiary/aromatic N) is 2. The molecule has 16 rings (SSSR count). The van der Waals surface area contributed by atoms with Crippen molar-refractivity contribution in [3.05, 3.63) is 275 Å². The van der Waals surface area contributed by atoms with Crippen molar-refractivity contribution in [2.45, 2.75) is 49.9 Å². The number of hydrogen-bond donors (Lipinski definition) is 0. The van der Waals surface area contributed by atoms with E-state index in [0.717, 1.165) is 48.5 Å². The van der Waals surface area contributed by atoms with Crippen molar-refractivity contribution in [3.63, 3.8) is 0 Å². The molecule has 0 N–H and O–H groups in total. The smallest absolute Gasteiger partial charge is 0.145 e. The summed E-state index contributed by atoms with van der Waals surface area (Å²) in [6.45, 7) is 0. The first-order valence-corrected chi connectivity index (χ1v) is 28.2. The van der Waals surface area contributed by atoms with Crippen LogP contribution in [0.3, 0.4) is 0 Å². The van der Waals surface area contributed by atoms with Gasteiger partial charge in [-0.05, 0) is 177 Å². The number of aromatic nitrogens is 2. The first kappa shape index (κ1) is 45.1. The molecule has 0 bridgehead atoms. The van der Waals surface area contributed by atoms with Gasteiger partial charge in [-0.3, -0.25) is 4.57 Å². The third-order valence-corrected chi connectivity index (χ3v) is 17.7. The molecule has 0 aliphatic heterocycles. The van der Waals surface area contributed by atoms with Crippen LogP contribution in [-0.2, 0) is 0 Å². The normalized spacial score (nSPS) is 18.8. The average Bonchev–Trinajstić information content (AvgIpc) is 4.31. The van der Waals surface area contributed by atoms with Gasteiger partial charge in [-0.25, -0.2) is 4.98 Å². The van der Waals surface area contributed by atoms with Crippen LogP contribution in [0.15, 0.2) is 237 Å². The maximum Gasteiger partial charge on any atom is 0.145 e. The summed E-state index contributed by atoms with van der Waals surface area (Å²) in [5.74, 6) is 2.46. The third-order valence-electron chi connectivity index (χ3n) is 17.7. The van der Waals surface area contributed by atoms with E-state index in [0.29, 0.717) is 11.8 Å². The monoisotopic (exact) mass is 996 g/mol. The fourth-order valence-electron chi connectivity index (χ4n) is 14.0. The van der Waals surface area contributed by atoms with Gasteiger partial charge in [0.1, 0.15) is 5.82 Å². The summed E-state index contributed by atoms with van der Waals surface area (Å²) in [4.78, 5) is 5.66. The Labute approximate surface area is 455 Å². The summed E-state index contributed by atoms with van der Waals surface area (Å²) in [7, 11) is 0. The highest BCUT2D eigenvalue weighted by molar-refractivity contribution is 6.18. The molecule has 1 aromatic heterocycles. The molecule has 2 heteroatoms. The van der Waals surface area contributed by atoms with Gasteiger partial charge in [0.15, 0.2) is 0 Å². The summed E-state index contributed by atoms with van der Waals surface area (Å²) in [5, 5.41) is 13.1. The van der Waals surface area contributed by atoms with E-state index < -0.39 is 0 Å². The lowest BCUT2D eigenvalue weighted by Crippen LogP contribution is -2.27. The molecule has 78 heavy (non-hydrogen) atoms. The van der Waals surface area contributed by atoms with Crippen LogP contribution in [0.4, 0.5) is 0 Å². The van der Waals surface area contributed by atoms with Crippen LogP contribution in [-0.4, -0.2) is 9.55 Å². The van der Waals surface area contributed by atoms with E-state index in [1.54, 1.807) is 0 Å². The highest BCUT2D eigenvalue weighted by atomic mass is 15.1. The lowest BCUT2D eigenvalue weighted by molar-refractivity contribution is 0.816. The van der Waals surface area contributed by atoms with Crippen molar-refractivity contribution in [3.8, 4) is 50.5 Å². The summed E-state index contributed by atoms with van der Waals surface area (Å²) >= 11 is 0. The standard InChI is InChI=1S/C76H56N2/c1-4-20-51(21-5-1)74-75(52-22-6-2-7-23-52)78(60-26-8-3-9-27-60)76(77-74)53-36-34-50(35-37-53)69-63-30-16-17-31-64(63)72(73-66(69)43-40-56-46-67(56)73)59-41-42-65-68(47-59)71(58-39-33-49-19-11-13-25-55(49)45-58)62-29-15-14-28-61(62)70(65)57-38-32-48-18-10-12-24-54(48)44-57/h1-6,8-20,22,24-37,39-45,47,51,56-57,67H,7,21,23,38,46H2. The number of imidazole rings is 1. The Balaban J connectivity index is 0.899. The fraction of sp³-hybridized carbons (Fsp3) is 0.118. The molecule has 5 aliphatic rings. The molecule has 2 nitrogen and oxygen atoms in total. The first-order valence-electron chi connectivity index (χ1n) is 28.2. The topological polar surface area (TPSA) is 17.8 Å². The van der Waals surface area contributed by atoms with Crippen LogP contribution in [0, 0.1) is 5.92 Å². The van der Waals surface area contributed by atoms with E-state index in [4.69, 9.17) is 4.98 Å². The van der Waals surface area contributed by atoms with Crippen LogP contribution < -0.4 is 10.4 Å². The van der Waals surface area contributed by atoms with Gasteiger partial charge in [-0.15, -0.1) is 0 Å². The Morgan fingerprint density at radius 1 is 0.474 bits per heavy atom. The van der Waals surface area contributed by atoms with Gasteiger partial charge in [-0.2, -0.15) is 0 Å². The van der Waals surface area contributed by atoms with Gasteiger partial charge < -0.3 is 0 Å². The molecule has 1 saturated carbocycles. The second kappa shape index (κ2) is 18.3. The van der Waals surface area contributed by atoms with Crippen molar-refractivity contribution in [1.82, 2.24) is 9.55 Å². The van der Waals surface area contributed by atoms with Gasteiger partial charge in [0.25, 0.3) is 0 Å². The zero-order valence-electron chi connectivity index (χ0n) is 43.5.